The summed E-state index contributed by atoms with van der Waals surface area (Å²) in [6.45, 7) is 6.24. The quantitative estimate of drug-likeness (QED) is 0.355. The Bertz CT molecular complexity index is 1310. The average Bonchev–Trinajstić information content (AvgIpc) is 3.47. The first-order valence-corrected chi connectivity index (χ1v) is 13.6. The molecule has 7 heteroatoms. The van der Waals surface area contributed by atoms with Crippen LogP contribution in [0.5, 0.6) is 0 Å². The van der Waals surface area contributed by atoms with E-state index in [1.54, 1.807) is 17.4 Å². The van der Waals surface area contributed by atoms with E-state index >= 15 is 0 Å². The molecular formula is C30H32N4O2S. The molecule has 2 N–H and O–H groups in total. The van der Waals surface area contributed by atoms with Gasteiger partial charge in [-0.05, 0) is 41.6 Å². The molecule has 1 atom stereocenters. The summed E-state index contributed by atoms with van der Waals surface area (Å²) in [6.07, 6.45) is 0. The number of pyridine rings is 1. The molecule has 1 fully saturated rings. The van der Waals surface area contributed by atoms with Gasteiger partial charge in [0.1, 0.15) is 5.56 Å². The van der Waals surface area contributed by atoms with Crippen molar-refractivity contribution in [3.63, 3.8) is 0 Å². The highest BCUT2D eigenvalue weighted by atomic mass is 32.1. The second-order valence-electron chi connectivity index (χ2n) is 9.47. The lowest BCUT2D eigenvalue weighted by Crippen LogP contribution is -2.47. The number of amides is 1. The SMILES string of the molecule is CC(NC(=O)c1ccc(CN2CCN(C(c3ccccc3)c3ccccc3)CC2)[nH]c1=O)c1cccs1. The van der Waals surface area contributed by atoms with Crippen LogP contribution in [0, 0.1) is 0 Å². The number of aromatic nitrogens is 1. The summed E-state index contributed by atoms with van der Waals surface area (Å²) >= 11 is 1.58. The molecule has 0 aliphatic carbocycles. The molecule has 4 aromatic rings. The fourth-order valence-electron chi connectivity index (χ4n) is 4.97. The summed E-state index contributed by atoms with van der Waals surface area (Å²) in [6, 6.07) is 28.8. The topological polar surface area (TPSA) is 68.4 Å². The third-order valence-corrected chi connectivity index (χ3v) is 7.98. The molecule has 1 saturated heterocycles. The van der Waals surface area contributed by atoms with Gasteiger partial charge in [-0.1, -0.05) is 66.7 Å². The second kappa shape index (κ2) is 11.7. The Balaban J connectivity index is 1.21. The summed E-state index contributed by atoms with van der Waals surface area (Å²) in [5.74, 6) is -0.352. The molecule has 1 unspecified atom stereocenters. The van der Waals surface area contributed by atoms with E-state index in [-0.39, 0.29) is 29.1 Å². The second-order valence-corrected chi connectivity index (χ2v) is 10.5. The van der Waals surface area contributed by atoms with Gasteiger partial charge in [-0.3, -0.25) is 19.4 Å². The number of thiophene rings is 1. The van der Waals surface area contributed by atoms with Crippen molar-refractivity contribution < 1.29 is 4.79 Å². The van der Waals surface area contributed by atoms with Crippen LogP contribution in [-0.2, 0) is 6.54 Å². The predicted octanol–water partition coefficient (Wildman–Crippen LogP) is 4.83. The van der Waals surface area contributed by atoms with E-state index < -0.39 is 0 Å². The number of benzene rings is 2. The number of hydrogen-bond donors (Lipinski definition) is 2. The molecule has 0 saturated carbocycles. The van der Waals surface area contributed by atoms with E-state index in [1.165, 1.54) is 11.1 Å². The molecule has 1 aliphatic heterocycles. The van der Waals surface area contributed by atoms with E-state index in [1.807, 2.05) is 30.5 Å². The minimum absolute atomic E-state index is 0.140. The van der Waals surface area contributed by atoms with Crippen molar-refractivity contribution in [2.75, 3.05) is 26.2 Å². The fourth-order valence-corrected chi connectivity index (χ4v) is 5.71. The molecule has 190 valence electrons. The molecule has 0 bridgehead atoms. The minimum Gasteiger partial charge on any atom is -0.345 e. The van der Waals surface area contributed by atoms with Gasteiger partial charge in [0.15, 0.2) is 0 Å². The summed E-state index contributed by atoms with van der Waals surface area (Å²) in [7, 11) is 0. The zero-order chi connectivity index (χ0) is 25.6. The van der Waals surface area contributed by atoms with Gasteiger partial charge in [0.05, 0.1) is 12.1 Å². The molecule has 0 spiro atoms. The van der Waals surface area contributed by atoms with Gasteiger partial charge in [-0.25, -0.2) is 0 Å². The fraction of sp³-hybridized carbons (Fsp3) is 0.267. The lowest BCUT2D eigenvalue weighted by molar-refractivity contribution is 0.0938. The number of carbonyl (C=O) groups is 1. The standard InChI is InChI=1S/C30H32N4O2S/c1-22(27-13-8-20-37-27)31-29(35)26-15-14-25(32-30(26)36)21-33-16-18-34(19-17-33)28(23-9-4-2-5-10-23)24-11-6-3-7-12-24/h2-15,20,22,28H,16-19,21H2,1H3,(H,31,35)(H,32,36). The zero-order valence-electron chi connectivity index (χ0n) is 21.0. The van der Waals surface area contributed by atoms with Crippen molar-refractivity contribution in [1.82, 2.24) is 20.1 Å². The summed E-state index contributed by atoms with van der Waals surface area (Å²) in [5.41, 5.74) is 3.22. The van der Waals surface area contributed by atoms with Gasteiger partial charge in [-0.2, -0.15) is 0 Å². The van der Waals surface area contributed by atoms with Crippen LogP contribution in [0.1, 0.15) is 51.1 Å². The molecule has 2 aromatic heterocycles. The van der Waals surface area contributed by atoms with Gasteiger partial charge in [0.25, 0.3) is 11.5 Å². The number of H-pyrrole nitrogens is 1. The predicted molar refractivity (Wildman–Crippen MR) is 149 cm³/mol. The zero-order valence-corrected chi connectivity index (χ0v) is 21.8. The Morgan fingerprint density at radius 3 is 2.11 bits per heavy atom. The molecule has 1 aliphatic rings. The number of rotatable bonds is 8. The van der Waals surface area contributed by atoms with Crippen LogP contribution < -0.4 is 10.9 Å². The Labute approximate surface area is 221 Å². The number of nitrogens with one attached hydrogen (secondary N) is 2. The van der Waals surface area contributed by atoms with Crippen LogP contribution in [0.4, 0.5) is 0 Å². The van der Waals surface area contributed by atoms with E-state index in [0.29, 0.717) is 6.54 Å². The van der Waals surface area contributed by atoms with E-state index in [0.717, 1.165) is 36.8 Å². The molecule has 1 amide bonds. The Hall–Kier alpha value is -3.52. The highest BCUT2D eigenvalue weighted by molar-refractivity contribution is 7.10. The van der Waals surface area contributed by atoms with Crippen molar-refractivity contribution in [2.45, 2.75) is 25.6 Å². The number of aromatic amines is 1. The average molecular weight is 513 g/mol. The van der Waals surface area contributed by atoms with Gasteiger partial charge in [0.2, 0.25) is 0 Å². The highest BCUT2D eigenvalue weighted by Crippen LogP contribution is 2.29. The smallest absolute Gasteiger partial charge is 0.261 e. The van der Waals surface area contributed by atoms with Gasteiger partial charge >= 0.3 is 0 Å². The molecular weight excluding hydrogens is 480 g/mol. The third kappa shape index (κ3) is 6.07. The molecule has 2 aromatic carbocycles. The first-order valence-electron chi connectivity index (χ1n) is 12.7. The third-order valence-electron chi connectivity index (χ3n) is 6.93. The monoisotopic (exact) mass is 512 g/mol. The van der Waals surface area contributed by atoms with E-state index in [9.17, 15) is 9.59 Å². The van der Waals surface area contributed by atoms with E-state index in [2.05, 4.69) is 80.8 Å². The minimum atomic E-state index is -0.352. The Morgan fingerprint density at radius 2 is 1.54 bits per heavy atom. The number of carbonyl (C=O) groups excluding carboxylic acids is 1. The lowest BCUT2D eigenvalue weighted by Gasteiger charge is -2.39. The number of hydrogen-bond acceptors (Lipinski definition) is 5. The molecule has 37 heavy (non-hydrogen) atoms. The highest BCUT2D eigenvalue weighted by Gasteiger charge is 2.26. The van der Waals surface area contributed by atoms with Crippen LogP contribution in [0.2, 0.25) is 0 Å². The normalized spacial score (nSPS) is 15.5. The van der Waals surface area contributed by atoms with Crippen LogP contribution in [0.3, 0.4) is 0 Å². The van der Waals surface area contributed by atoms with Crippen LogP contribution >= 0.6 is 11.3 Å². The van der Waals surface area contributed by atoms with Crippen molar-refractivity contribution in [3.8, 4) is 0 Å². The largest absolute Gasteiger partial charge is 0.345 e. The summed E-state index contributed by atoms with van der Waals surface area (Å²) in [4.78, 5) is 34.2. The van der Waals surface area contributed by atoms with E-state index in [4.69, 9.17) is 0 Å². The first-order chi connectivity index (χ1) is 18.1. The van der Waals surface area contributed by atoms with Crippen LogP contribution in [-0.4, -0.2) is 46.9 Å². The van der Waals surface area contributed by atoms with Crippen molar-refractivity contribution >= 4 is 17.2 Å². The summed E-state index contributed by atoms with van der Waals surface area (Å²) in [5, 5.41) is 4.89. The maximum atomic E-state index is 12.7. The number of nitrogens with zero attached hydrogens (tertiary/aromatic N) is 2. The van der Waals surface area contributed by atoms with Gasteiger partial charge in [0, 0.05) is 43.3 Å². The Kier molecular flexibility index (Phi) is 7.94. The molecule has 6 nitrogen and oxygen atoms in total. The van der Waals surface area contributed by atoms with Crippen molar-refractivity contribution in [2.24, 2.45) is 0 Å². The Morgan fingerprint density at radius 1 is 0.892 bits per heavy atom. The van der Waals surface area contributed by atoms with Crippen molar-refractivity contribution in [3.05, 3.63) is 128 Å². The first kappa shape index (κ1) is 25.1. The summed E-state index contributed by atoms with van der Waals surface area (Å²) < 4.78 is 0. The van der Waals surface area contributed by atoms with Crippen LogP contribution in [0.15, 0.2) is 95.1 Å². The van der Waals surface area contributed by atoms with Crippen molar-refractivity contribution in [1.29, 1.82) is 0 Å². The lowest BCUT2D eigenvalue weighted by atomic mass is 9.96. The van der Waals surface area contributed by atoms with Gasteiger partial charge < -0.3 is 10.3 Å². The van der Waals surface area contributed by atoms with Gasteiger partial charge in [-0.15, -0.1) is 11.3 Å². The molecule has 0 radical (unpaired) electrons. The molecule has 3 heterocycles. The molecule has 5 rings (SSSR count). The number of piperazine rings is 1. The maximum Gasteiger partial charge on any atom is 0.261 e. The van der Waals surface area contributed by atoms with Crippen LogP contribution in [0.25, 0.3) is 0 Å². The maximum absolute atomic E-state index is 12.7.